The summed E-state index contributed by atoms with van der Waals surface area (Å²) in [5.74, 6) is 0.257. The van der Waals surface area contributed by atoms with E-state index in [1.807, 2.05) is 0 Å². The number of pyridine rings is 1. The lowest BCUT2D eigenvalue weighted by atomic mass is 10.4. The monoisotopic (exact) mass is 241 g/mol. The second-order valence-corrected chi connectivity index (χ2v) is 2.98. The lowest BCUT2D eigenvalue weighted by Crippen LogP contribution is -2.03. The summed E-state index contributed by atoms with van der Waals surface area (Å²) in [6, 6.07) is 1.20. The highest BCUT2D eigenvalue weighted by molar-refractivity contribution is 6.32. The molecule has 7 nitrogen and oxygen atoms in total. The molecule has 0 aromatic carbocycles. The minimum atomic E-state index is -0.570. The van der Waals surface area contributed by atoms with Gasteiger partial charge in [0.25, 0.3) is 5.69 Å². The quantitative estimate of drug-likeness (QED) is 0.592. The van der Waals surface area contributed by atoms with Crippen LogP contribution in [0.1, 0.15) is 7.43 Å². The molecule has 2 heterocycles. The molecule has 2 aromatic heterocycles. The molecular weight excluding hydrogens is 234 g/mol. The normalized spacial score (nSPS) is 9.56. The molecule has 8 heteroatoms. The van der Waals surface area contributed by atoms with Crippen LogP contribution in [0.15, 0.2) is 24.7 Å². The van der Waals surface area contributed by atoms with Gasteiger partial charge in [-0.1, -0.05) is 19.0 Å². The first-order valence-electron chi connectivity index (χ1n) is 3.85. The van der Waals surface area contributed by atoms with Crippen molar-refractivity contribution in [2.24, 2.45) is 0 Å². The Kier molecular flexibility index (Phi) is 3.51. The van der Waals surface area contributed by atoms with Gasteiger partial charge in [-0.15, -0.1) is 4.80 Å². The minimum absolute atomic E-state index is 0. The van der Waals surface area contributed by atoms with Crippen LogP contribution in [0.2, 0.25) is 5.02 Å². The van der Waals surface area contributed by atoms with E-state index < -0.39 is 4.92 Å². The molecule has 84 valence electrons. The van der Waals surface area contributed by atoms with Crippen LogP contribution in [0.3, 0.4) is 0 Å². The summed E-state index contributed by atoms with van der Waals surface area (Å²) in [5.41, 5.74) is -0.170. The van der Waals surface area contributed by atoms with E-state index in [1.165, 1.54) is 23.3 Å². The summed E-state index contributed by atoms with van der Waals surface area (Å²) in [6.45, 7) is 0. The lowest BCUT2D eigenvalue weighted by molar-refractivity contribution is -0.385. The third-order valence-corrected chi connectivity index (χ3v) is 1.90. The van der Waals surface area contributed by atoms with Crippen molar-refractivity contribution in [3.63, 3.8) is 0 Å². The Labute approximate surface area is 95.8 Å². The third-order valence-electron chi connectivity index (χ3n) is 1.63. The molecule has 2 rings (SSSR count). The molecule has 0 atom stereocenters. The Hall–Kier alpha value is -2.02. The van der Waals surface area contributed by atoms with E-state index >= 15 is 0 Å². The molecule has 2 aromatic rings. The molecule has 0 aliphatic carbocycles. The summed E-state index contributed by atoms with van der Waals surface area (Å²) in [4.78, 5) is 14.8. The zero-order valence-electron chi connectivity index (χ0n) is 7.24. The van der Waals surface area contributed by atoms with Gasteiger partial charge in [-0.25, -0.2) is 4.98 Å². The molecule has 0 fully saturated rings. The van der Waals surface area contributed by atoms with E-state index in [0.29, 0.717) is 0 Å². The minimum Gasteiger partial charge on any atom is -0.258 e. The van der Waals surface area contributed by atoms with Crippen LogP contribution in [0.25, 0.3) is 5.82 Å². The Morgan fingerprint density at radius 1 is 1.38 bits per heavy atom. The first-order chi connectivity index (χ1) is 7.18. The summed E-state index contributed by atoms with van der Waals surface area (Å²) < 4.78 is 0. The molecule has 0 spiro atoms. The predicted octanol–water partition coefficient (Wildman–Crippen LogP) is 1.86. The van der Waals surface area contributed by atoms with Gasteiger partial charge in [-0.05, 0) is 0 Å². The first-order valence-corrected chi connectivity index (χ1v) is 4.23. The van der Waals surface area contributed by atoms with Crippen molar-refractivity contribution in [1.82, 2.24) is 20.0 Å². The van der Waals surface area contributed by atoms with E-state index in [9.17, 15) is 10.1 Å². The maximum absolute atomic E-state index is 10.4. The molecule has 16 heavy (non-hydrogen) atoms. The fourth-order valence-corrected chi connectivity index (χ4v) is 1.23. The standard InChI is InChI=1S/C7H4ClN5O2.CH4/c8-6-3-5(13(14)15)4-9-7(6)12-10-1-2-11-12;/h1-4H;1H4. The molecule has 0 amide bonds. The van der Waals surface area contributed by atoms with Crippen molar-refractivity contribution in [1.29, 1.82) is 0 Å². The Bertz CT molecular complexity index is 499. The summed E-state index contributed by atoms with van der Waals surface area (Å²) >= 11 is 5.80. The Morgan fingerprint density at radius 2 is 2.00 bits per heavy atom. The zero-order valence-corrected chi connectivity index (χ0v) is 8.00. The number of hydrogen-bond acceptors (Lipinski definition) is 5. The van der Waals surface area contributed by atoms with E-state index in [-0.39, 0.29) is 24.0 Å². The fraction of sp³-hybridized carbons (Fsp3) is 0.125. The van der Waals surface area contributed by atoms with Crippen molar-refractivity contribution >= 4 is 17.3 Å². The molecule has 0 aliphatic heterocycles. The van der Waals surface area contributed by atoms with Crippen LogP contribution in [0.4, 0.5) is 5.69 Å². The molecular formula is C8H8ClN5O2. The number of nitrogens with zero attached hydrogens (tertiary/aromatic N) is 5. The molecule has 0 N–H and O–H groups in total. The topological polar surface area (TPSA) is 86.7 Å². The highest BCUT2D eigenvalue weighted by atomic mass is 35.5. The van der Waals surface area contributed by atoms with Crippen molar-refractivity contribution < 1.29 is 4.92 Å². The fourth-order valence-electron chi connectivity index (χ4n) is 0.993. The van der Waals surface area contributed by atoms with Gasteiger partial charge in [-0.2, -0.15) is 10.2 Å². The number of halogens is 1. The highest BCUT2D eigenvalue weighted by Crippen LogP contribution is 2.21. The number of rotatable bonds is 2. The molecule has 0 saturated carbocycles. The molecule has 0 bridgehead atoms. The highest BCUT2D eigenvalue weighted by Gasteiger charge is 2.12. The summed E-state index contributed by atoms with van der Waals surface area (Å²) in [6.07, 6.45) is 4.02. The lowest BCUT2D eigenvalue weighted by Gasteiger charge is -2.00. The van der Waals surface area contributed by atoms with Crippen LogP contribution < -0.4 is 0 Å². The van der Waals surface area contributed by atoms with E-state index in [1.54, 1.807) is 0 Å². The van der Waals surface area contributed by atoms with Crippen molar-refractivity contribution in [2.45, 2.75) is 7.43 Å². The van der Waals surface area contributed by atoms with E-state index in [0.717, 1.165) is 6.20 Å². The Balaban J connectivity index is 0.00000128. The van der Waals surface area contributed by atoms with Crippen molar-refractivity contribution in [2.75, 3.05) is 0 Å². The Morgan fingerprint density at radius 3 is 2.50 bits per heavy atom. The van der Waals surface area contributed by atoms with Gasteiger partial charge >= 0.3 is 0 Å². The SMILES string of the molecule is C.O=[N+]([O-])c1cnc(-n2nccn2)c(Cl)c1. The number of aromatic nitrogens is 4. The molecule has 0 aliphatic rings. The average molecular weight is 242 g/mol. The second-order valence-electron chi connectivity index (χ2n) is 2.57. The van der Waals surface area contributed by atoms with Crippen LogP contribution in [-0.2, 0) is 0 Å². The van der Waals surface area contributed by atoms with E-state index in [2.05, 4.69) is 15.2 Å². The third kappa shape index (κ3) is 2.14. The maximum Gasteiger partial charge on any atom is 0.289 e. The van der Waals surface area contributed by atoms with E-state index in [4.69, 9.17) is 11.6 Å². The summed E-state index contributed by atoms with van der Waals surface area (Å²) in [5, 5.41) is 18.2. The smallest absolute Gasteiger partial charge is 0.258 e. The van der Waals surface area contributed by atoms with Gasteiger partial charge in [0, 0.05) is 6.07 Å². The number of nitro groups is 1. The average Bonchev–Trinajstić information content (AvgIpc) is 2.70. The maximum atomic E-state index is 10.4. The second kappa shape index (κ2) is 4.67. The van der Waals surface area contributed by atoms with Gasteiger partial charge in [-0.3, -0.25) is 10.1 Å². The van der Waals surface area contributed by atoms with Gasteiger partial charge in [0.05, 0.1) is 22.3 Å². The predicted molar refractivity (Wildman–Crippen MR) is 57.5 cm³/mol. The van der Waals surface area contributed by atoms with Gasteiger partial charge < -0.3 is 0 Å². The largest absolute Gasteiger partial charge is 0.289 e. The molecule has 0 radical (unpaired) electrons. The number of hydrogen-bond donors (Lipinski definition) is 0. The first kappa shape index (κ1) is 12.1. The van der Waals surface area contributed by atoms with Gasteiger partial charge in [0.15, 0.2) is 5.82 Å². The summed E-state index contributed by atoms with van der Waals surface area (Å²) in [7, 11) is 0. The van der Waals surface area contributed by atoms with Gasteiger partial charge in [0.1, 0.15) is 6.20 Å². The molecule has 0 saturated heterocycles. The molecule has 0 unspecified atom stereocenters. The van der Waals surface area contributed by atoms with Crippen LogP contribution in [0, 0.1) is 10.1 Å². The van der Waals surface area contributed by atoms with Gasteiger partial charge in [0.2, 0.25) is 0 Å². The van der Waals surface area contributed by atoms with Crippen LogP contribution >= 0.6 is 11.6 Å². The van der Waals surface area contributed by atoms with Crippen LogP contribution in [0.5, 0.6) is 0 Å². The van der Waals surface area contributed by atoms with Crippen LogP contribution in [-0.4, -0.2) is 24.9 Å². The van der Waals surface area contributed by atoms with Crippen molar-refractivity contribution in [3.05, 3.63) is 39.8 Å². The van der Waals surface area contributed by atoms with Crippen molar-refractivity contribution in [3.8, 4) is 5.82 Å². The zero-order chi connectivity index (χ0) is 10.8.